The lowest BCUT2D eigenvalue weighted by molar-refractivity contribution is 0.0737. The summed E-state index contributed by atoms with van der Waals surface area (Å²) in [5.74, 6) is 0.375. The van der Waals surface area contributed by atoms with Gasteiger partial charge in [-0.1, -0.05) is 0 Å². The van der Waals surface area contributed by atoms with E-state index in [0.717, 1.165) is 34.3 Å². The third-order valence-corrected chi connectivity index (χ3v) is 5.60. The van der Waals surface area contributed by atoms with Crippen molar-refractivity contribution < 1.29 is 13.9 Å². The monoisotopic (exact) mass is 389 g/mol. The van der Waals surface area contributed by atoms with Crippen LogP contribution in [0.2, 0.25) is 0 Å². The summed E-state index contributed by atoms with van der Waals surface area (Å²) in [6.45, 7) is 2.96. The summed E-state index contributed by atoms with van der Waals surface area (Å²) in [6.07, 6.45) is 0.759. The van der Waals surface area contributed by atoms with Crippen molar-refractivity contribution in [2.75, 3.05) is 13.7 Å². The number of hydrogen-bond acceptors (Lipinski definition) is 3. The van der Waals surface area contributed by atoms with Gasteiger partial charge in [-0.25, -0.2) is 4.39 Å². The highest BCUT2D eigenvalue weighted by molar-refractivity contribution is 6.06. The van der Waals surface area contributed by atoms with Gasteiger partial charge in [-0.05, 0) is 43.3 Å². The van der Waals surface area contributed by atoms with E-state index in [9.17, 15) is 9.18 Å². The van der Waals surface area contributed by atoms with E-state index in [2.05, 4.69) is 9.97 Å². The van der Waals surface area contributed by atoms with E-state index in [1.54, 1.807) is 19.2 Å². The first-order valence-corrected chi connectivity index (χ1v) is 9.57. The van der Waals surface area contributed by atoms with Gasteiger partial charge >= 0.3 is 0 Å². The minimum absolute atomic E-state index is 0.0602. The molecular weight excluding hydrogens is 369 g/mol. The Morgan fingerprint density at radius 1 is 1.17 bits per heavy atom. The van der Waals surface area contributed by atoms with Gasteiger partial charge in [0.15, 0.2) is 0 Å². The highest BCUT2D eigenvalue weighted by Gasteiger charge is 2.26. The first-order chi connectivity index (χ1) is 14.0. The van der Waals surface area contributed by atoms with E-state index < -0.39 is 0 Å². The van der Waals surface area contributed by atoms with Gasteiger partial charge < -0.3 is 14.6 Å². The van der Waals surface area contributed by atoms with E-state index in [-0.39, 0.29) is 11.7 Å². The minimum atomic E-state index is -0.357. The molecule has 0 fully saturated rings. The average molecular weight is 389 g/mol. The molecule has 0 bridgehead atoms. The maximum absolute atomic E-state index is 13.6. The van der Waals surface area contributed by atoms with Crippen LogP contribution in [0.5, 0.6) is 5.75 Å². The molecule has 3 heterocycles. The molecule has 0 saturated heterocycles. The van der Waals surface area contributed by atoms with Gasteiger partial charge in [0.25, 0.3) is 5.91 Å². The van der Waals surface area contributed by atoms with Crippen molar-refractivity contribution >= 4 is 27.7 Å². The van der Waals surface area contributed by atoms with Gasteiger partial charge in [0.2, 0.25) is 0 Å². The van der Waals surface area contributed by atoms with Gasteiger partial charge in [0.1, 0.15) is 11.6 Å². The molecule has 146 valence electrons. The van der Waals surface area contributed by atoms with E-state index in [4.69, 9.17) is 4.74 Å². The highest BCUT2D eigenvalue weighted by atomic mass is 19.1. The Labute approximate surface area is 167 Å². The third kappa shape index (κ3) is 2.92. The number of aryl methyl sites for hydroxylation is 1. The molecule has 29 heavy (non-hydrogen) atoms. The van der Waals surface area contributed by atoms with Crippen molar-refractivity contribution in [3.05, 3.63) is 70.8 Å². The Bertz CT molecular complexity index is 1270. The van der Waals surface area contributed by atoms with Gasteiger partial charge in [-0.15, -0.1) is 0 Å². The number of benzene rings is 2. The summed E-state index contributed by atoms with van der Waals surface area (Å²) >= 11 is 0. The zero-order valence-electron chi connectivity index (χ0n) is 16.3. The van der Waals surface area contributed by atoms with Crippen LogP contribution in [0.4, 0.5) is 4.39 Å². The Kier molecular flexibility index (Phi) is 4.01. The molecule has 0 atom stereocenters. The number of halogens is 1. The standard InChI is InChI=1S/C23H20FN3O2/c1-13-9-18(16-5-3-14(24)10-22(16)25-13)23(28)27-8-7-21-19(12-27)17-11-15(29-2)4-6-20(17)26-21/h3-6,9-11,26H,7-8,12H2,1-2H3. The van der Waals surface area contributed by atoms with Crippen LogP contribution < -0.4 is 4.74 Å². The summed E-state index contributed by atoms with van der Waals surface area (Å²) in [7, 11) is 1.65. The SMILES string of the molecule is COc1ccc2[nH]c3c(c2c1)CN(C(=O)c1cc(C)nc2cc(F)ccc12)CC3. The number of H-pyrrole nitrogens is 1. The largest absolute Gasteiger partial charge is 0.497 e. The third-order valence-electron chi connectivity index (χ3n) is 5.60. The zero-order chi connectivity index (χ0) is 20.1. The van der Waals surface area contributed by atoms with Gasteiger partial charge in [0.05, 0.1) is 18.2 Å². The highest BCUT2D eigenvalue weighted by Crippen LogP contribution is 2.31. The predicted octanol–water partition coefficient (Wildman–Crippen LogP) is 4.37. The van der Waals surface area contributed by atoms with Gasteiger partial charge in [-0.3, -0.25) is 9.78 Å². The molecular formula is C23H20FN3O2. The molecule has 1 amide bonds. The summed E-state index contributed by atoms with van der Waals surface area (Å²) in [4.78, 5) is 23.1. The lowest BCUT2D eigenvalue weighted by atomic mass is 10.0. The Morgan fingerprint density at radius 2 is 2.03 bits per heavy atom. The molecule has 0 radical (unpaired) electrons. The summed E-state index contributed by atoms with van der Waals surface area (Å²) in [6, 6.07) is 12.1. The molecule has 1 aliphatic rings. The number of fused-ring (bicyclic) bond motifs is 4. The van der Waals surface area contributed by atoms with Crippen molar-refractivity contribution in [3.63, 3.8) is 0 Å². The molecule has 5 rings (SSSR count). The second-order valence-corrected chi connectivity index (χ2v) is 7.44. The fourth-order valence-corrected chi connectivity index (χ4v) is 4.17. The number of aromatic amines is 1. The van der Waals surface area contributed by atoms with Crippen LogP contribution in [0.1, 0.15) is 27.3 Å². The summed E-state index contributed by atoms with van der Waals surface area (Å²) in [5.41, 5.74) is 5.10. The quantitative estimate of drug-likeness (QED) is 0.554. The van der Waals surface area contributed by atoms with Crippen molar-refractivity contribution in [3.8, 4) is 5.75 Å². The predicted molar refractivity (Wildman–Crippen MR) is 110 cm³/mol. The van der Waals surface area contributed by atoms with Crippen LogP contribution in [0.3, 0.4) is 0 Å². The van der Waals surface area contributed by atoms with Crippen molar-refractivity contribution in [2.45, 2.75) is 19.9 Å². The molecule has 1 aliphatic heterocycles. The number of carbonyl (C=O) groups is 1. The number of methoxy groups -OCH3 is 1. The number of amides is 1. The van der Waals surface area contributed by atoms with Crippen LogP contribution in [-0.4, -0.2) is 34.4 Å². The number of nitrogens with zero attached hydrogens (tertiary/aromatic N) is 2. The molecule has 0 aliphatic carbocycles. The molecule has 0 saturated carbocycles. The van der Waals surface area contributed by atoms with Crippen LogP contribution in [0.25, 0.3) is 21.8 Å². The van der Waals surface area contributed by atoms with Crippen LogP contribution in [0, 0.1) is 12.7 Å². The molecule has 5 nitrogen and oxygen atoms in total. The number of ether oxygens (including phenoxy) is 1. The number of rotatable bonds is 2. The van der Waals surface area contributed by atoms with Crippen LogP contribution in [0.15, 0.2) is 42.5 Å². The molecule has 2 aromatic heterocycles. The smallest absolute Gasteiger partial charge is 0.254 e. The van der Waals surface area contributed by atoms with Crippen molar-refractivity contribution in [1.29, 1.82) is 0 Å². The van der Waals surface area contributed by atoms with E-state index in [0.29, 0.717) is 35.2 Å². The normalized spacial score (nSPS) is 13.7. The Balaban J connectivity index is 1.55. The Morgan fingerprint density at radius 3 is 2.86 bits per heavy atom. The summed E-state index contributed by atoms with van der Waals surface area (Å²) < 4.78 is 19.0. The maximum Gasteiger partial charge on any atom is 0.254 e. The van der Waals surface area contributed by atoms with Crippen molar-refractivity contribution in [2.24, 2.45) is 0 Å². The topological polar surface area (TPSA) is 58.2 Å². The fourth-order valence-electron chi connectivity index (χ4n) is 4.17. The molecule has 2 aromatic carbocycles. The summed E-state index contributed by atoms with van der Waals surface area (Å²) in [5, 5.41) is 1.75. The number of nitrogens with one attached hydrogen (secondary N) is 1. The number of carbonyl (C=O) groups excluding carboxylic acids is 1. The number of hydrogen-bond donors (Lipinski definition) is 1. The minimum Gasteiger partial charge on any atom is -0.497 e. The number of pyridine rings is 1. The van der Waals surface area contributed by atoms with Crippen LogP contribution >= 0.6 is 0 Å². The average Bonchev–Trinajstić information content (AvgIpc) is 3.09. The first-order valence-electron chi connectivity index (χ1n) is 9.57. The lowest BCUT2D eigenvalue weighted by Crippen LogP contribution is -2.36. The van der Waals surface area contributed by atoms with Crippen molar-refractivity contribution in [1.82, 2.24) is 14.9 Å². The number of aromatic nitrogens is 2. The molecule has 1 N–H and O–H groups in total. The van der Waals surface area contributed by atoms with Gasteiger partial charge in [-0.2, -0.15) is 0 Å². The van der Waals surface area contributed by atoms with Gasteiger partial charge in [0, 0.05) is 58.8 Å². The lowest BCUT2D eigenvalue weighted by Gasteiger charge is -2.28. The first kappa shape index (κ1) is 17.7. The molecule has 0 unspecified atom stereocenters. The zero-order valence-corrected chi connectivity index (χ0v) is 16.3. The molecule has 4 aromatic rings. The van der Waals surface area contributed by atoms with E-state index >= 15 is 0 Å². The van der Waals surface area contributed by atoms with Crippen LogP contribution in [-0.2, 0) is 13.0 Å². The second-order valence-electron chi connectivity index (χ2n) is 7.44. The Hall–Kier alpha value is -3.41. The van der Waals surface area contributed by atoms with E-state index in [1.165, 1.54) is 12.1 Å². The maximum atomic E-state index is 13.6. The molecule has 0 spiro atoms. The fraction of sp³-hybridized carbons (Fsp3) is 0.217. The van der Waals surface area contributed by atoms with E-state index in [1.807, 2.05) is 30.0 Å². The molecule has 6 heteroatoms. The second kappa shape index (κ2) is 6.58.